The molecule has 0 radical (unpaired) electrons. The molecule has 1 fully saturated rings. The molecule has 1 saturated carbocycles. The third kappa shape index (κ3) is 9.45. The van der Waals surface area contributed by atoms with Crippen molar-refractivity contribution in [3.8, 4) is 0 Å². The van der Waals surface area contributed by atoms with E-state index in [4.69, 9.17) is 14.2 Å². The summed E-state index contributed by atoms with van der Waals surface area (Å²) in [5, 5.41) is 6.70. The van der Waals surface area contributed by atoms with Gasteiger partial charge >= 0.3 is 12.1 Å². The Kier molecular flexibility index (Phi) is 9.92. The second kappa shape index (κ2) is 12.0. The van der Waals surface area contributed by atoms with E-state index < -0.39 is 37.4 Å². The molecule has 1 aromatic heterocycles. The standard InChI is InChI=1S/C21H34F3N3O5Si/c1-5-32-18(28)8-9-30-13-17(15-6-7-15)26-16-12-25-27(14-31-10-11-33(2,3)4)20(29)19(16)21(22,23)24/h12,15,17,26H,5-11,13-14H2,1-4H3. The van der Waals surface area contributed by atoms with Crippen LogP contribution in [-0.4, -0.2) is 56.3 Å². The summed E-state index contributed by atoms with van der Waals surface area (Å²) in [6.45, 7) is 8.65. The largest absolute Gasteiger partial charge is 0.466 e. The second-order valence-corrected chi connectivity index (χ2v) is 14.9. The van der Waals surface area contributed by atoms with E-state index in [0.29, 0.717) is 11.3 Å². The Morgan fingerprint density at radius 2 is 1.97 bits per heavy atom. The summed E-state index contributed by atoms with van der Waals surface area (Å²) < 4.78 is 57.7. The lowest BCUT2D eigenvalue weighted by Gasteiger charge is -2.22. The van der Waals surface area contributed by atoms with Crippen LogP contribution in [0, 0.1) is 5.92 Å². The number of anilines is 1. The molecule has 0 spiro atoms. The summed E-state index contributed by atoms with van der Waals surface area (Å²) >= 11 is 0. The number of aromatic nitrogens is 2. The van der Waals surface area contributed by atoms with E-state index in [2.05, 4.69) is 30.1 Å². The summed E-state index contributed by atoms with van der Waals surface area (Å²) in [7, 11) is -1.37. The lowest BCUT2D eigenvalue weighted by Crippen LogP contribution is -2.36. The Hall–Kier alpha value is -1.92. The van der Waals surface area contributed by atoms with Gasteiger partial charge in [-0.1, -0.05) is 19.6 Å². The number of carbonyl (C=O) groups is 1. The molecule has 1 aliphatic carbocycles. The van der Waals surface area contributed by atoms with Crippen LogP contribution >= 0.6 is 0 Å². The average molecular weight is 494 g/mol. The van der Waals surface area contributed by atoms with Gasteiger partial charge in [0.2, 0.25) is 0 Å². The Bertz CT molecular complexity index is 838. The maximum atomic E-state index is 13.8. The lowest BCUT2D eigenvalue weighted by atomic mass is 10.1. The van der Waals surface area contributed by atoms with Crippen LogP contribution in [0.1, 0.15) is 31.7 Å². The Morgan fingerprint density at radius 1 is 1.27 bits per heavy atom. The molecule has 12 heteroatoms. The third-order valence-corrected chi connectivity index (χ3v) is 6.83. The SMILES string of the molecule is CCOC(=O)CCOCC(Nc1cnn(COCC[Si](C)(C)C)c(=O)c1C(F)(F)F)C1CC1. The first-order chi connectivity index (χ1) is 15.4. The van der Waals surface area contributed by atoms with Crippen molar-refractivity contribution in [2.45, 2.75) is 70.8 Å². The van der Waals surface area contributed by atoms with Gasteiger partial charge in [-0.15, -0.1) is 0 Å². The van der Waals surface area contributed by atoms with E-state index in [1.807, 2.05) is 0 Å². The summed E-state index contributed by atoms with van der Waals surface area (Å²) in [5.74, 6) is -0.270. The fourth-order valence-corrected chi connectivity index (χ4v) is 3.84. The Balaban J connectivity index is 2.06. The van der Waals surface area contributed by atoms with Crippen LogP contribution in [0.3, 0.4) is 0 Å². The highest BCUT2D eigenvalue weighted by Gasteiger charge is 2.40. The van der Waals surface area contributed by atoms with E-state index >= 15 is 0 Å². The van der Waals surface area contributed by atoms with Gasteiger partial charge in [-0.2, -0.15) is 18.3 Å². The minimum absolute atomic E-state index is 0.0638. The van der Waals surface area contributed by atoms with Crippen LogP contribution in [0.2, 0.25) is 25.7 Å². The zero-order chi connectivity index (χ0) is 24.6. The van der Waals surface area contributed by atoms with Gasteiger partial charge in [0, 0.05) is 14.7 Å². The molecular formula is C21H34F3N3O5Si. The number of esters is 1. The fourth-order valence-electron chi connectivity index (χ4n) is 3.09. The fraction of sp³-hybridized carbons (Fsp3) is 0.762. The van der Waals surface area contributed by atoms with Crippen molar-refractivity contribution in [1.29, 1.82) is 0 Å². The summed E-state index contributed by atoms with van der Waals surface area (Å²) in [6.07, 6.45) is -2.10. The van der Waals surface area contributed by atoms with Crippen molar-refractivity contribution in [1.82, 2.24) is 9.78 Å². The Labute approximate surface area is 192 Å². The molecule has 0 aliphatic heterocycles. The van der Waals surface area contributed by atoms with Gasteiger partial charge < -0.3 is 19.5 Å². The van der Waals surface area contributed by atoms with Gasteiger partial charge in [0.15, 0.2) is 0 Å². The minimum atomic E-state index is -4.86. The molecule has 0 amide bonds. The van der Waals surface area contributed by atoms with Crippen LogP contribution in [0.25, 0.3) is 0 Å². The predicted octanol–water partition coefficient (Wildman–Crippen LogP) is 3.73. The molecule has 1 heterocycles. The van der Waals surface area contributed by atoms with Crippen LogP contribution < -0.4 is 10.9 Å². The number of nitrogens with zero attached hydrogens (tertiary/aromatic N) is 2. The monoisotopic (exact) mass is 493 g/mol. The van der Waals surface area contributed by atoms with Gasteiger partial charge in [0.25, 0.3) is 5.56 Å². The lowest BCUT2D eigenvalue weighted by molar-refractivity contribution is -0.144. The number of rotatable bonds is 14. The number of carbonyl (C=O) groups excluding carboxylic acids is 1. The molecule has 1 unspecified atom stereocenters. The van der Waals surface area contributed by atoms with Crippen molar-refractivity contribution in [3.05, 3.63) is 22.1 Å². The number of ether oxygens (including phenoxy) is 3. The molecular weight excluding hydrogens is 459 g/mol. The van der Waals surface area contributed by atoms with E-state index in [0.717, 1.165) is 25.1 Å². The molecule has 2 rings (SSSR count). The van der Waals surface area contributed by atoms with Gasteiger partial charge in [-0.05, 0) is 31.7 Å². The number of halogens is 3. The highest BCUT2D eigenvalue weighted by atomic mass is 28.3. The van der Waals surface area contributed by atoms with Gasteiger partial charge in [0.1, 0.15) is 12.3 Å². The summed E-state index contributed by atoms with van der Waals surface area (Å²) in [4.78, 5) is 24.0. The smallest absolute Gasteiger partial charge is 0.423 e. The van der Waals surface area contributed by atoms with E-state index in [1.165, 1.54) is 0 Å². The number of hydrogen-bond acceptors (Lipinski definition) is 7. The molecule has 8 nitrogen and oxygen atoms in total. The molecule has 0 saturated heterocycles. The second-order valence-electron chi connectivity index (χ2n) is 9.30. The highest BCUT2D eigenvalue weighted by molar-refractivity contribution is 6.76. The molecule has 1 atom stereocenters. The van der Waals surface area contributed by atoms with E-state index in [9.17, 15) is 22.8 Å². The molecule has 1 aliphatic rings. The quantitative estimate of drug-likeness (QED) is 0.240. The maximum Gasteiger partial charge on any atom is 0.423 e. The van der Waals surface area contributed by atoms with E-state index in [-0.39, 0.29) is 44.6 Å². The topological polar surface area (TPSA) is 91.7 Å². The predicted molar refractivity (Wildman–Crippen MR) is 120 cm³/mol. The van der Waals surface area contributed by atoms with Crippen LogP contribution in [0.15, 0.2) is 11.0 Å². The average Bonchev–Trinajstić information content (AvgIpc) is 3.52. The van der Waals surface area contributed by atoms with Gasteiger partial charge in [-0.25, -0.2) is 4.68 Å². The van der Waals surface area contributed by atoms with E-state index in [1.54, 1.807) is 6.92 Å². The van der Waals surface area contributed by atoms with Crippen LogP contribution in [0.4, 0.5) is 18.9 Å². The van der Waals surface area contributed by atoms with Gasteiger partial charge in [-0.3, -0.25) is 9.59 Å². The van der Waals surface area contributed by atoms with Crippen LogP contribution in [-0.2, 0) is 31.9 Å². The maximum absolute atomic E-state index is 13.8. The highest BCUT2D eigenvalue weighted by Crippen LogP contribution is 2.37. The number of hydrogen-bond donors (Lipinski definition) is 1. The number of nitrogens with one attached hydrogen (secondary N) is 1. The van der Waals surface area contributed by atoms with Crippen molar-refractivity contribution in [3.63, 3.8) is 0 Å². The zero-order valence-electron chi connectivity index (χ0n) is 19.7. The van der Waals surface area contributed by atoms with Crippen molar-refractivity contribution >= 4 is 19.7 Å². The Morgan fingerprint density at radius 3 is 2.55 bits per heavy atom. The molecule has 1 N–H and O–H groups in total. The van der Waals surface area contributed by atoms with Gasteiger partial charge in [0.05, 0.1) is 44.2 Å². The first kappa shape index (κ1) is 27.3. The molecule has 33 heavy (non-hydrogen) atoms. The zero-order valence-corrected chi connectivity index (χ0v) is 20.7. The normalized spacial score (nSPS) is 15.4. The van der Waals surface area contributed by atoms with Crippen molar-refractivity contribution < 1.29 is 32.2 Å². The van der Waals surface area contributed by atoms with Crippen molar-refractivity contribution in [2.75, 3.05) is 31.7 Å². The van der Waals surface area contributed by atoms with Crippen molar-refractivity contribution in [2.24, 2.45) is 5.92 Å². The first-order valence-corrected chi connectivity index (χ1v) is 14.9. The van der Waals surface area contributed by atoms with Crippen LogP contribution in [0.5, 0.6) is 0 Å². The molecule has 188 valence electrons. The molecule has 0 aromatic carbocycles. The molecule has 1 aromatic rings. The minimum Gasteiger partial charge on any atom is -0.466 e. The number of alkyl halides is 3. The summed E-state index contributed by atoms with van der Waals surface area (Å²) in [5.41, 5.74) is -2.93. The third-order valence-electron chi connectivity index (χ3n) is 5.12. The first-order valence-electron chi connectivity index (χ1n) is 11.2. The summed E-state index contributed by atoms with van der Waals surface area (Å²) in [6, 6.07) is 0.394. The molecule has 0 bridgehead atoms.